The van der Waals surface area contributed by atoms with E-state index in [0.29, 0.717) is 0 Å². The van der Waals surface area contributed by atoms with Gasteiger partial charge < -0.3 is 9.13 Å². The van der Waals surface area contributed by atoms with Gasteiger partial charge >= 0.3 is 0 Å². The van der Waals surface area contributed by atoms with E-state index >= 15 is 0 Å². The number of hydrogen-bond donors (Lipinski definition) is 0. The third kappa shape index (κ3) is 3.80. The summed E-state index contributed by atoms with van der Waals surface area (Å²) >= 11 is 0. The van der Waals surface area contributed by atoms with Gasteiger partial charge in [-0.25, -0.2) is 0 Å². The Kier molecular flexibility index (Phi) is 5.72. The van der Waals surface area contributed by atoms with E-state index < -0.39 is 0 Å². The largest absolute Gasteiger partial charge is 0.309 e. The van der Waals surface area contributed by atoms with Crippen LogP contribution in [0.3, 0.4) is 0 Å². The van der Waals surface area contributed by atoms with Gasteiger partial charge in [-0.2, -0.15) is 0 Å². The molecule has 0 unspecified atom stereocenters. The fourth-order valence-electron chi connectivity index (χ4n) is 8.41. The van der Waals surface area contributed by atoms with Crippen LogP contribution in [0.15, 0.2) is 158 Å². The highest BCUT2D eigenvalue weighted by Gasteiger charge is 2.35. The predicted octanol–water partition coefficient (Wildman–Crippen LogP) is 12.2. The maximum absolute atomic E-state index is 2.45. The molecule has 0 aliphatic heterocycles. The van der Waals surface area contributed by atoms with Crippen LogP contribution in [0.25, 0.3) is 77.2 Å². The van der Waals surface area contributed by atoms with Gasteiger partial charge in [-0.15, -0.1) is 0 Å². The van der Waals surface area contributed by atoms with Gasteiger partial charge in [0.2, 0.25) is 0 Å². The van der Waals surface area contributed by atoms with E-state index in [4.69, 9.17) is 0 Å². The minimum Gasteiger partial charge on any atom is -0.309 e. The third-order valence-corrected chi connectivity index (χ3v) is 10.7. The van der Waals surface area contributed by atoms with Crippen molar-refractivity contribution in [3.05, 3.63) is 169 Å². The summed E-state index contributed by atoms with van der Waals surface area (Å²) in [6.07, 6.45) is 12.0. The lowest BCUT2D eigenvalue weighted by Gasteiger charge is -2.22. The second-order valence-electron chi connectivity index (χ2n) is 13.7. The van der Waals surface area contributed by atoms with Crippen LogP contribution >= 0.6 is 0 Å². The van der Waals surface area contributed by atoms with Gasteiger partial charge in [0, 0.05) is 38.3 Å². The molecule has 2 nitrogen and oxygen atoms in total. The summed E-state index contributed by atoms with van der Waals surface area (Å²) in [6, 6.07) is 47.5. The molecule has 2 heterocycles. The van der Waals surface area contributed by atoms with Gasteiger partial charge in [0.05, 0.1) is 22.1 Å². The van der Waals surface area contributed by atoms with Crippen LogP contribution in [-0.2, 0) is 5.41 Å². The molecule has 0 bridgehead atoms. The molecule has 0 atom stereocenters. The fraction of sp³-hybridized carbons (Fsp3) is 0.0870. The van der Waals surface area contributed by atoms with Crippen LogP contribution in [0.4, 0.5) is 0 Å². The second-order valence-corrected chi connectivity index (χ2v) is 13.7. The average Bonchev–Trinajstić information content (AvgIpc) is 3.59. The highest BCUT2D eigenvalue weighted by atomic mass is 15.0. The molecule has 0 spiro atoms. The highest BCUT2D eigenvalue weighted by Crippen LogP contribution is 2.49. The van der Waals surface area contributed by atoms with Gasteiger partial charge in [0.25, 0.3) is 0 Å². The first-order valence-electron chi connectivity index (χ1n) is 16.9. The number of aromatic nitrogens is 2. The number of rotatable bonds is 3. The van der Waals surface area contributed by atoms with Gasteiger partial charge in [-0.05, 0) is 100 Å². The molecule has 48 heavy (non-hydrogen) atoms. The predicted molar refractivity (Wildman–Crippen MR) is 204 cm³/mol. The molecular formula is C46H34N2. The maximum Gasteiger partial charge on any atom is 0.0541 e. The average molecular weight is 615 g/mol. The molecule has 0 radical (unpaired) electrons. The molecule has 2 aliphatic carbocycles. The molecule has 0 saturated carbocycles. The van der Waals surface area contributed by atoms with Gasteiger partial charge in [-0.3, -0.25) is 0 Å². The monoisotopic (exact) mass is 614 g/mol. The minimum absolute atomic E-state index is 0.0463. The van der Waals surface area contributed by atoms with Crippen LogP contribution < -0.4 is 0 Å². The van der Waals surface area contributed by atoms with Gasteiger partial charge in [-0.1, -0.05) is 111 Å². The molecular weight excluding hydrogens is 581 g/mol. The van der Waals surface area contributed by atoms with E-state index in [0.717, 1.165) is 6.42 Å². The van der Waals surface area contributed by atoms with Crippen molar-refractivity contribution in [3.8, 4) is 27.9 Å². The molecule has 2 heteroatoms. The van der Waals surface area contributed by atoms with Crippen molar-refractivity contribution in [1.82, 2.24) is 9.13 Å². The van der Waals surface area contributed by atoms with Crippen LogP contribution in [0.2, 0.25) is 0 Å². The number of nitrogens with zero attached hydrogens (tertiary/aromatic N) is 2. The molecule has 0 amide bonds. The quantitative estimate of drug-likeness (QED) is 0.187. The summed E-state index contributed by atoms with van der Waals surface area (Å²) in [5, 5.41) is 5.09. The lowest BCUT2D eigenvalue weighted by atomic mass is 9.82. The Hall–Kier alpha value is -5.86. The first-order valence-corrected chi connectivity index (χ1v) is 16.9. The highest BCUT2D eigenvalue weighted by molar-refractivity contribution is 6.13. The molecule has 228 valence electrons. The fourth-order valence-corrected chi connectivity index (χ4v) is 8.41. The third-order valence-electron chi connectivity index (χ3n) is 10.7. The number of hydrogen-bond acceptors (Lipinski definition) is 0. The Morgan fingerprint density at radius 1 is 0.500 bits per heavy atom. The van der Waals surface area contributed by atoms with Crippen molar-refractivity contribution in [2.24, 2.45) is 0 Å². The summed E-state index contributed by atoms with van der Waals surface area (Å²) < 4.78 is 4.85. The topological polar surface area (TPSA) is 9.86 Å². The van der Waals surface area contributed by atoms with Crippen molar-refractivity contribution in [1.29, 1.82) is 0 Å². The van der Waals surface area contributed by atoms with Crippen LogP contribution in [0.5, 0.6) is 0 Å². The Bertz CT molecular complexity index is 2720. The van der Waals surface area contributed by atoms with E-state index in [1.165, 1.54) is 88.4 Å². The van der Waals surface area contributed by atoms with Crippen molar-refractivity contribution >= 4 is 49.3 Å². The molecule has 6 aromatic carbocycles. The number of allylic oxidation sites excluding steroid dienone is 6. The maximum atomic E-state index is 2.45. The summed E-state index contributed by atoms with van der Waals surface area (Å²) in [5.74, 6) is 0. The molecule has 0 fully saturated rings. The zero-order valence-electron chi connectivity index (χ0n) is 27.1. The van der Waals surface area contributed by atoms with Crippen molar-refractivity contribution in [2.75, 3.05) is 0 Å². The summed E-state index contributed by atoms with van der Waals surface area (Å²) in [6.45, 7) is 4.71. The Morgan fingerprint density at radius 2 is 1.10 bits per heavy atom. The van der Waals surface area contributed by atoms with Crippen molar-refractivity contribution in [2.45, 2.75) is 25.7 Å². The van der Waals surface area contributed by atoms with E-state index in [1.54, 1.807) is 0 Å². The Labute approximate surface area is 280 Å². The molecule has 10 rings (SSSR count). The number of para-hydroxylation sites is 2. The second kappa shape index (κ2) is 10.1. The van der Waals surface area contributed by atoms with Crippen LogP contribution in [0, 0.1) is 0 Å². The van der Waals surface area contributed by atoms with Crippen LogP contribution in [0.1, 0.15) is 31.4 Å². The molecule has 0 N–H and O–H groups in total. The standard InChI is InChI=1S/C46H34N2/c1-46(2)40-18-10-7-15-34(40)35-24-23-33(29-41(35)46)48-43-20-12-9-17-37(43)39-28-31(22-26-45(39)48)30-21-25-44-38(27-30)36-16-8-11-19-42(36)47(44)32-13-5-3-4-6-14-32/h3,5-29H,4H2,1-2H3. The molecule has 8 aromatic rings. The molecule has 0 saturated heterocycles. The normalized spacial score (nSPS) is 14.9. The lowest BCUT2D eigenvalue weighted by Crippen LogP contribution is -2.15. The number of benzene rings is 6. The van der Waals surface area contributed by atoms with Crippen molar-refractivity contribution < 1.29 is 0 Å². The van der Waals surface area contributed by atoms with E-state index in [9.17, 15) is 0 Å². The zero-order chi connectivity index (χ0) is 32.0. The first kappa shape index (κ1) is 27.3. The van der Waals surface area contributed by atoms with Gasteiger partial charge in [0.1, 0.15) is 0 Å². The zero-order valence-corrected chi connectivity index (χ0v) is 27.1. The van der Waals surface area contributed by atoms with Gasteiger partial charge in [0.15, 0.2) is 0 Å². The molecule has 2 aliphatic rings. The van der Waals surface area contributed by atoms with Crippen LogP contribution in [-0.4, -0.2) is 9.13 Å². The minimum atomic E-state index is -0.0463. The smallest absolute Gasteiger partial charge is 0.0541 e. The summed E-state index contributed by atoms with van der Waals surface area (Å²) in [4.78, 5) is 0. The molecule has 2 aromatic heterocycles. The SMILES string of the molecule is CC1(C)c2ccccc2-c2ccc(-n3c4ccccc4c4cc(-c5ccc6c(c5)c5ccccc5n6C5=CC=CCC=C5)ccc43)cc21. The Morgan fingerprint density at radius 3 is 1.85 bits per heavy atom. The van der Waals surface area contributed by atoms with E-state index in [-0.39, 0.29) is 5.41 Å². The van der Waals surface area contributed by atoms with E-state index in [2.05, 4.69) is 181 Å². The van der Waals surface area contributed by atoms with Crippen molar-refractivity contribution in [3.63, 3.8) is 0 Å². The Balaban J connectivity index is 1.14. The summed E-state index contributed by atoms with van der Waals surface area (Å²) in [5.41, 5.74) is 15.2. The number of fused-ring (bicyclic) bond motifs is 9. The van der Waals surface area contributed by atoms with E-state index in [1.807, 2.05) is 0 Å². The first-order chi connectivity index (χ1) is 23.6. The lowest BCUT2D eigenvalue weighted by molar-refractivity contribution is 0.660. The summed E-state index contributed by atoms with van der Waals surface area (Å²) in [7, 11) is 0.